The molecule has 0 bridgehead atoms. The Bertz CT molecular complexity index is 209. The van der Waals surface area contributed by atoms with Crippen molar-refractivity contribution in [3.05, 3.63) is 0 Å². The molecule has 12 heavy (non-hydrogen) atoms. The molecule has 1 saturated carbocycles. The van der Waals surface area contributed by atoms with Gasteiger partial charge in [-0.2, -0.15) is 5.26 Å². The molecular weight excluding hydrogens is 154 g/mol. The predicted molar refractivity (Wildman–Crippen MR) is 43.7 cm³/mol. The number of hydrogen-bond acceptors (Lipinski definition) is 3. The first-order valence-electron chi connectivity index (χ1n) is 4.17. The van der Waals surface area contributed by atoms with Gasteiger partial charge in [-0.25, -0.2) is 0 Å². The Morgan fingerprint density at radius 3 is 2.92 bits per heavy atom. The first kappa shape index (κ1) is 9.01. The number of carbonyl (C=O) groups excluding carboxylic acids is 1. The highest BCUT2D eigenvalue weighted by molar-refractivity contribution is 5.77. The van der Waals surface area contributed by atoms with Crippen molar-refractivity contribution in [2.75, 3.05) is 0 Å². The van der Waals surface area contributed by atoms with Crippen LogP contribution in [-0.2, 0) is 4.79 Å². The Morgan fingerprint density at radius 2 is 2.42 bits per heavy atom. The van der Waals surface area contributed by atoms with Crippen molar-refractivity contribution < 1.29 is 4.79 Å². The van der Waals surface area contributed by atoms with Crippen LogP contribution in [0.1, 0.15) is 25.7 Å². The number of rotatable bonds is 2. The van der Waals surface area contributed by atoms with Crippen LogP contribution in [0.5, 0.6) is 0 Å². The van der Waals surface area contributed by atoms with Gasteiger partial charge in [-0.15, -0.1) is 0 Å². The van der Waals surface area contributed by atoms with E-state index >= 15 is 0 Å². The van der Waals surface area contributed by atoms with Crippen molar-refractivity contribution in [1.82, 2.24) is 5.32 Å². The maximum absolute atomic E-state index is 11.0. The summed E-state index contributed by atoms with van der Waals surface area (Å²) in [6.45, 7) is 0. The first-order valence-corrected chi connectivity index (χ1v) is 4.17. The summed E-state index contributed by atoms with van der Waals surface area (Å²) in [7, 11) is 0. The van der Waals surface area contributed by atoms with Crippen LogP contribution in [0, 0.1) is 17.4 Å². The molecule has 1 amide bonds. The summed E-state index contributed by atoms with van der Waals surface area (Å²) in [5.74, 6) is 0.0678. The maximum Gasteiger partial charge on any atom is 0.233 e. The third-order valence-corrected chi connectivity index (χ3v) is 2.36. The van der Waals surface area contributed by atoms with E-state index in [0.717, 1.165) is 19.3 Å². The largest absolute Gasteiger partial charge is 0.327 e. The number of nitrogens with two attached hydrogens (primary N) is 1. The second-order valence-electron chi connectivity index (χ2n) is 3.22. The lowest BCUT2D eigenvalue weighted by atomic mass is 10.00. The first-order chi connectivity index (χ1) is 5.74. The molecule has 0 spiro atoms. The Morgan fingerprint density at radius 1 is 1.67 bits per heavy atom. The average Bonchev–Trinajstić information content (AvgIpc) is 2.37. The fourth-order valence-corrected chi connectivity index (χ4v) is 1.67. The number of amides is 1. The van der Waals surface area contributed by atoms with Gasteiger partial charge < -0.3 is 5.73 Å². The third kappa shape index (κ3) is 2.21. The van der Waals surface area contributed by atoms with Gasteiger partial charge in [-0.1, -0.05) is 6.42 Å². The minimum Gasteiger partial charge on any atom is -0.327 e. The number of nitrogens with zero attached hydrogens (tertiary/aromatic N) is 1. The normalized spacial score (nSPS) is 28.0. The lowest BCUT2D eigenvalue weighted by molar-refractivity contribution is -0.120. The van der Waals surface area contributed by atoms with Gasteiger partial charge in [-0.3, -0.25) is 10.1 Å². The minimum absolute atomic E-state index is 0.148. The molecule has 3 N–H and O–H groups in total. The van der Waals surface area contributed by atoms with Crippen LogP contribution < -0.4 is 11.1 Å². The maximum atomic E-state index is 11.0. The summed E-state index contributed by atoms with van der Waals surface area (Å²) in [6.07, 6.45) is 5.13. The molecule has 1 fully saturated rings. The molecule has 1 rings (SSSR count). The number of hydrogen-bond donors (Lipinski definition) is 2. The molecule has 0 aromatic carbocycles. The standard InChI is InChI=1S/C8H13N3O/c9-5-11-8(12)4-6-2-1-3-7(6)10/h6-7H,1-4,10H2,(H,11,12)/t6-,7+/m0/s1. The summed E-state index contributed by atoms with van der Waals surface area (Å²) in [5.41, 5.74) is 5.76. The van der Waals surface area contributed by atoms with Crippen LogP contribution in [0.25, 0.3) is 0 Å². The van der Waals surface area contributed by atoms with Gasteiger partial charge in [0.1, 0.15) is 0 Å². The van der Waals surface area contributed by atoms with Gasteiger partial charge in [0.05, 0.1) is 0 Å². The van der Waals surface area contributed by atoms with E-state index in [2.05, 4.69) is 5.32 Å². The highest BCUT2D eigenvalue weighted by atomic mass is 16.1. The minimum atomic E-state index is -0.208. The summed E-state index contributed by atoms with van der Waals surface area (Å²) in [5, 5.41) is 10.3. The van der Waals surface area contributed by atoms with Crippen LogP contribution in [0.3, 0.4) is 0 Å². The monoisotopic (exact) mass is 167 g/mol. The van der Waals surface area contributed by atoms with E-state index < -0.39 is 0 Å². The number of nitriles is 1. The molecule has 0 heterocycles. The predicted octanol–water partition coefficient (Wildman–Crippen LogP) is 0.101. The van der Waals surface area contributed by atoms with Gasteiger partial charge in [0, 0.05) is 12.5 Å². The van der Waals surface area contributed by atoms with Gasteiger partial charge in [0.15, 0.2) is 6.19 Å². The molecule has 0 saturated heterocycles. The zero-order valence-corrected chi connectivity index (χ0v) is 6.92. The fourth-order valence-electron chi connectivity index (χ4n) is 1.67. The topological polar surface area (TPSA) is 78.9 Å². The van der Waals surface area contributed by atoms with E-state index in [0.29, 0.717) is 6.42 Å². The van der Waals surface area contributed by atoms with Crippen molar-refractivity contribution in [2.24, 2.45) is 11.7 Å². The van der Waals surface area contributed by atoms with Crippen molar-refractivity contribution >= 4 is 5.91 Å². The van der Waals surface area contributed by atoms with Crippen molar-refractivity contribution in [2.45, 2.75) is 31.7 Å². The molecular formula is C8H13N3O. The molecule has 0 aromatic heterocycles. The summed E-state index contributed by atoms with van der Waals surface area (Å²) in [4.78, 5) is 11.0. The summed E-state index contributed by atoms with van der Waals surface area (Å²) >= 11 is 0. The smallest absolute Gasteiger partial charge is 0.233 e. The second kappa shape index (κ2) is 4.07. The average molecular weight is 167 g/mol. The molecule has 0 aromatic rings. The molecule has 66 valence electrons. The zero-order valence-electron chi connectivity index (χ0n) is 6.92. The third-order valence-electron chi connectivity index (χ3n) is 2.36. The van der Waals surface area contributed by atoms with Gasteiger partial charge >= 0.3 is 0 Å². The van der Waals surface area contributed by atoms with Gasteiger partial charge in [-0.05, 0) is 18.8 Å². The number of nitrogens with one attached hydrogen (secondary N) is 1. The van der Waals surface area contributed by atoms with Gasteiger partial charge in [0.2, 0.25) is 5.91 Å². The SMILES string of the molecule is N#CNC(=O)C[C@@H]1CCC[C@H]1N. The lowest BCUT2D eigenvalue weighted by Gasteiger charge is -2.12. The van der Waals surface area contributed by atoms with Crippen LogP contribution >= 0.6 is 0 Å². The summed E-state index contributed by atoms with van der Waals surface area (Å²) < 4.78 is 0. The van der Waals surface area contributed by atoms with Crippen molar-refractivity contribution in [3.8, 4) is 6.19 Å². The molecule has 4 nitrogen and oxygen atoms in total. The lowest BCUT2D eigenvalue weighted by Crippen LogP contribution is -2.29. The molecule has 0 unspecified atom stereocenters. The molecule has 0 aliphatic heterocycles. The van der Waals surface area contributed by atoms with E-state index in [1.807, 2.05) is 0 Å². The fraction of sp³-hybridized carbons (Fsp3) is 0.750. The Balaban J connectivity index is 2.31. The van der Waals surface area contributed by atoms with Crippen LogP contribution in [-0.4, -0.2) is 11.9 Å². The van der Waals surface area contributed by atoms with E-state index in [4.69, 9.17) is 11.0 Å². The molecule has 0 radical (unpaired) electrons. The molecule has 1 aliphatic carbocycles. The van der Waals surface area contributed by atoms with E-state index in [1.54, 1.807) is 6.19 Å². The highest BCUT2D eigenvalue weighted by Gasteiger charge is 2.25. The van der Waals surface area contributed by atoms with Crippen molar-refractivity contribution in [1.29, 1.82) is 5.26 Å². The van der Waals surface area contributed by atoms with Gasteiger partial charge in [0.25, 0.3) is 0 Å². The Kier molecular flexibility index (Phi) is 3.06. The Labute approximate surface area is 71.7 Å². The summed E-state index contributed by atoms with van der Waals surface area (Å²) in [6, 6.07) is 0.148. The number of carbonyl (C=O) groups is 1. The van der Waals surface area contributed by atoms with Crippen LogP contribution in [0.15, 0.2) is 0 Å². The van der Waals surface area contributed by atoms with E-state index in [1.165, 1.54) is 0 Å². The Hall–Kier alpha value is -1.08. The highest BCUT2D eigenvalue weighted by Crippen LogP contribution is 2.26. The van der Waals surface area contributed by atoms with Crippen LogP contribution in [0.4, 0.5) is 0 Å². The van der Waals surface area contributed by atoms with E-state index in [-0.39, 0.29) is 17.9 Å². The molecule has 1 aliphatic rings. The quantitative estimate of drug-likeness (QED) is 0.452. The van der Waals surface area contributed by atoms with Crippen LogP contribution in [0.2, 0.25) is 0 Å². The van der Waals surface area contributed by atoms with Crippen molar-refractivity contribution in [3.63, 3.8) is 0 Å². The van der Waals surface area contributed by atoms with E-state index in [9.17, 15) is 4.79 Å². The molecule has 4 heteroatoms. The molecule has 2 atom stereocenters. The zero-order chi connectivity index (χ0) is 8.97. The second-order valence-corrected chi connectivity index (χ2v) is 3.22.